The summed E-state index contributed by atoms with van der Waals surface area (Å²) in [5.74, 6) is -1.55. The first-order valence-corrected chi connectivity index (χ1v) is 15.4. The predicted octanol–water partition coefficient (Wildman–Crippen LogP) is 5.13. The molecule has 0 amide bonds. The Morgan fingerprint density at radius 1 is 1.10 bits per heavy atom. The van der Waals surface area contributed by atoms with Crippen LogP contribution in [0.3, 0.4) is 0 Å². The number of phenolic OH excluding ortho intramolecular Hbond substituents is 1. The van der Waals surface area contributed by atoms with Gasteiger partial charge in [0.05, 0.1) is 29.2 Å². The summed E-state index contributed by atoms with van der Waals surface area (Å²) in [6.45, 7) is 2.63. The molecule has 1 aromatic heterocycles. The molecule has 3 aromatic rings. The van der Waals surface area contributed by atoms with Gasteiger partial charge in [-0.2, -0.15) is 9.97 Å². The molecule has 4 fully saturated rings. The van der Waals surface area contributed by atoms with Gasteiger partial charge in [0.2, 0.25) is 0 Å². The first-order valence-electron chi connectivity index (χ1n) is 15.4. The largest absolute Gasteiger partial charge is 0.508 e. The minimum absolute atomic E-state index is 0.00464. The van der Waals surface area contributed by atoms with Crippen molar-refractivity contribution in [2.45, 2.75) is 87.6 Å². The van der Waals surface area contributed by atoms with Crippen molar-refractivity contribution in [3.63, 3.8) is 0 Å². The molecule has 2 N–H and O–H groups in total. The molecular weight excluding hydrogens is 543 g/mol. The molecule has 0 aliphatic carbocycles. The van der Waals surface area contributed by atoms with Gasteiger partial charge in [0, 0.05) is 49.0 Å². The van der Waals surface area contributed by atoms with E-state index in [0.29, 0.717) is 74.2 Å². The maximum atomic E-state index is 15.1. The Bertz CT molecular complexity index is 1540. The number of piperidine rings is 1. The molecule has 3 unspecified atom stereocenters. The molecule has 2 aromatic carbocycles. The summed E-state index contributed by atoms with van der Waals surface area (Å²) in [6, 6.07) is 6.83. The topological polar surface area (TPSA) is 73.8 Å². The number of nitrogens with one attached hydrogen (secondary N) is 1. The van der Waals surface area contributed by atoms with Crippen molar-refractivity contribution >= 4 is 16.5 Å². The normalized spacial score (nSPS) is 30.6. The molecule has 5 aliphatic rings. The van der Waals surface area contributed by atoms with Crippen molar-refractivity contribution in [3.05, 3.63) is 52.9 Å². The lowest BCUT2D eigenvalue weighted by Gasteiger charge is -2.35. The van der Waals surface area contributed by atoms with E-state index in [4.69, 9.17) is 14.7 Å². The van der Waals surface area contributed by atoms with Crippen LogP contribution in [0, 0.1) is 11.6 Å². The molecular formula is C32H36F3N5O2. The van der Waals surface area contributed by atoms with Gasteiger partial charge in [-0.3, -0.25) is 4.90 Å². The van der Waals surface area contributed by atoms with Crippen molar-refractivity contribution < 1.29 is 23.0 Å². The van der Waals surface area contributed by atoms with E-state index >= 15 is 4.39 Å². The highest BCUT2D eigenvalue weighted by atomic mass is 19.2. The Kier molecular flexibility index (Phi) is 6.30. The van der Waals surface area contributed by atoms with Gasteiger partial charge in [-0.05, 0) is 74.6 Å². The number of phenols is 1. The van der Waals surface area contributed by atoms with E-state index in [1.54, 1.807) is 0 Å². The minimum Gasteiger partial charge on any atom is -0.508 e. The minimum atomic E-state index is -0.922. The van der Waals surface area contributed by atoms with Crippen LogP contribution in [0.25, 0.3) is 10.8 Å². The maximum absolute atomic E-state index is 15.1. The van der Waals surface area contributed by atoms with Crippen LogP contribution in [-0.2, 0) is 13.0 Å². The van der Waals surface area contributed by atoms with E-state index in [2.05, 4.69) is 10.2 Å². The van der Waals surface area contributed by atoms with E-state index in [1.807, 2.05) is 4.90 Å². The summed E-state index contributed by atoms with van der Waals surface area (Å²) < 4.78 is 50.2. The number of benzene rings is 2. The zero-order valence-electron chi connectivity index (χ0n) is 23.6. The Balaban J connectivity index is 1.16. The number of hydrogen-bond donors (Lipinski definition) is 2. The lowest BCUT2D eigenvalue weighted by molar-refractivity contribution is 0.106. The van der Waals surface area contributed by atoms with Crippen molar-refractivity contribution in [2.24, 2.45) is 0 Å². The first kappa shape index (κ1) is 26.5. The van der Waals surface area contributed by atoms with E-state index < -0.39 is 17.8 Å². The number of halogens is 3. The number of nitrogens with zero attached hydrogens (tertiary/aromatic N) is 4. The molecule has 8 rings (SSSR count). The third-order valence-corrected chi connectivity index (χ3v) is 10.5. The highest BCUT2D eigenvalue weighted by Crippen LogP contribution is 2.43. The zero-order valence-corrected chi connectivity index (χ0v) is 23.6. The summed E-state index contributed by atoms with van der Waals surface area (Å²) in [5, 5.41) is 14.8. The standard InChI is InChI=1S/C32H36F3N5O2/c33-20-14-32(7-1-8-40(32)15-20)17-42-31-37-26-16-39(27-13-23(41)12-18-2-5-25(34)29(35)28(18)27)9-6-24(26)30(38-31)19-10-21-3-4-22(11-19)36-21/h2,5,12-13,19-22,36,41H,1,3-4,6-11,14-17H2/t19?,20?,21?,22?,32-/m0/s1. The second-order valence-corrected chi connectivity index (χ2v) is 13.1. The lowest BCUT2D eigenvalue weighted by Crippen LogP contribution is -2.43. The van der Waals surface area contributed by atoms with Crippen LogP contribution < -0.4 is 15.0 Å². The smallest absolute Gasteiger partial charge is 0.316 e. The number of rotatable bonds is 5. The predicted molar refractivity (Wildman–Crippen MR) is 153 cm³/mol. The summed E-state index contributed by atoms with van der Waals surface area (Å²) in [6.07, 6.45) is 6.63. The maximum Gasteiger partial charge on any atom is 0.316 e. The summed E-state index contributed by atoms with van der Waals surface area (Å²) >= 11 is 0. The monoisotopic (exact) mass is 579 g/mol. The molecule has 6 heterocycles. The average molecular weight is 580 g/mol. The van der Waals surface area contributed by atoms with Gasteiger partial charge in [-0.1, -0.05) is 6.07 Å². The number of fused-ring (bicyclic) bond motifs is 5. The molecule has 0 saturated carbocycles. The Morgan fingerprint density at radius 2 is 1.93 bits per heavy atom. The Labute approximate surface area is 243 Å². The second kappa shape index (κ2) is 9.98. The highest BCUT2D eigenvalue weighted by molar-refractivity contribution is 5.96. The fourth-order valence-corrected chi connectivity index (χ4v) is 8.58. The Hall–Kier alpha value is -3.11. The molecule has 10 heteroatoms. The van der Waals surface area contributed by atoms with Crippen LogP contribution in [0.1, 0.15) is 67.8 Å². The fourth-order valence-electron chi connectivity index (χ4n) is 8.58. The van der Waals surface area contributed by atoms with E-state index in [0.717, 1.165) is 55.2 Å². The zero-order chi connectivity index (χ0) is 28.6. The van der Waals surface area contributed by atoms with Crippen LogP contribution in [0.4, 0.5) is 18.9 Å². The molecule has 0 radical (unpaired) electrons. The number of aromatic hydroxyl groups is 1. The van der Waals surface area contributed by atoms with Crippen LogP contribution >= 0.6 is 0 Å². The fraction of sp³-hybridized carbons (Fsp3) is 0.562. The quantitative estimate of drug-likeness (QED) is 0.434. The SMILES string of the molecule is Oc1cc(N2CCc3c(nc(OC[C@@]45CCCN4CC(F)C5)nc3C3CC4CCC(C3)N4)C2)c2c(F)c(F)ccc2c1. The number of ether oxygens (including phenoxy) is 1. The van der Waals surface area contributed by atoms with E-state index in [-0.39, 0.29) is 16.7 Å². The van der Waals surface area contributed by atoms with Crippen molar-refractivity contribution in [2.75, 3.05) is 31.1 Å². The molecule has 0 spiro atoms. The highest BCUT2D eigenvalue weighted by Gasteiger charge is 2.49. The van der Waals surface area contributed by atoms with Crippen molar-refractivity contribution in [1.82, 2.24) is 20.2 Å². The number of anilines is 1. The van der Waals surface area contributed by atoms with Crippen LogP contribution in [-0.4, -0.2) is 70.0 Å². The van der Waals surface area contributed by atoms with Crippen LogP contribution in [0.2, 0.25) is 0 Å². The van der Waals surface area contributed by atoms with Gasteiger partial charge in [-0.15, -0.1) is 0 Å². The van der Waals surface area contributed by atoms with Gasteiger partial charge in [-0.25, -0.2) is 13.2 Å². The molecule has 4 saturated heterocycles. The third kappa shape index (κ3) is 4.40. The second-order valence-electron chi connectivity index (χ2n) is 13.1. The van der Waals surface area contributed by atoms with Crippen molar-refractivity contribution in [1.29, 1.82) is 0 Å². The summed E-state index contributed by atoms with van der Waals surface area (Å²) in [7, 11) is 0. The molecule has 5 aliphatic heterocycles. The van der Waals surface area contributed by atoms with E-state index in [1.165, 1.54) is 31.0 Å². The molecule has 42 heavy (non-hydrogen) atoms. The van der Waals surface area contributed by atoms with Crippen LogP contribution in [0.5, 0.6) is 11.8 Å². The Morgan fingerprint density at radius 3 is 2.76 bits per heavy atom. The van der Waals surface area contributed by atoms with Gasteiger partial charge >= 0.3 is 6.01 Å². The molecule has 2 bridgehead atoms. The first-order chi connectivity index (χ1) is 20.3. The number of alkyl halides is 1. The van der Waals surface area contributed by atoms with E-state index in [9.17, 15) is 13.9 Å². The molecule has 222 valence electrons. The lowest BCUT2D eigenvalue weighted by atomic mass is 9.85. The molecule has 7 nitrogen and oxygen atoms in total. The number of hydrogen-bond acceptors (Lipinski definition) is 7. The van der Waals surface area contributed by atoms with Crippen molar-refractivity contribution in [3.8, 4) is 11.8 Å². The molecule has 4 atom stereocenters. The van der Waals surface area contributed by atoms with Gasteiger partial charge in [0.25, 0.3) is 0 Å². The summed E-state index contributed by atoms with van der Waals surface area (Å²) in [4.78, 5) is 14.1. The average Bonchev–Trinajstić information content (AvgIpc) is 3.63. The third-order valence-electron chi connectivity index (χ3n) is 10.5. The van der Waals surface area contributed by atoms with Gasteiger partial charge in [0.15, 0.2) is 11.6 Å². The van der Waals surface area contributed by atoms with Crippen LogP contribution in [0.15, 0.2) is 24.3 Å². The van der Waals surface area contributed by atoms with Gasteiger partial charge < -0.3 is 20.1 Å². The number of aromatic nitrogens is 2. The summed E-state index contributed by atoms with van der Waals surface area (Å²) in [5.41, 5.74) is 3.11. The van der Waals surface area contributed by atoms with Gasteiger partial charge in [0.1, 0.15) is 18.5 Å².